The number of rotatable bonds is 0. The van der Waals surface area contributed by atoms with E-state index in [2.05, 4.69) is 16.8 Å². The summed E-state index contributed by atoms with van der Waals surface area (Å²) in [5.74, 6) is 6.31. The molecule has 3 aromatic rings. The van der Waals surface area contributed by atoms with Crippen LogP contribution in [0, 0.1) is 11.8 Å². The van der Waals surface area contributed by atoms with Gasteiger partial charge in [-0.2, -0.15) is 0 Å². The van der Waals surface area contributed by atoms with Gasteiger partial charge in [0.1, 0.15) is 17.0 Å². The summed E-state index contributed by atoms with van der Waals surface area (Å²) in [6.07, 6.45) is 1.76. The average Bonchev–Trinajstić information content (AvgIpc) is 3.18. The van der Waals surface area contributed by atoms with Gasteiger partial charge in [-0.3, -0.25) is 9.36 Å². The van der Waals surface area contributed by atoms with E-state index in [0.29, 0.717) is 6.54 Å². The van der Waals surface area contributed by atoms with Crippen LogP contribution in [-0.4, -0.2) is 27.4 Å². The first-order chi connectivity index (χ1) is 11.2. The normalized spacial score (nSPS) is 12.9. The van der Waals surface area contributed by atoms with E-state index in [-0.39, 0.29) is 5.91 Å². The average molecular weight is 319 g/mol. The molecule has 1 amide bonds. The van der Waals surface area contributed by atoms with Crippen LogP contribution in [-0.2, 0) is 6.54 Å². The van der Waals surface area contributed by atoms with Gasteiger partial charge in [0.05, 0.1) is 17.8 Å². The Hall–Kier alpha value is -2.84. The largest absolute Gasteiger partial charge is 0.336 e. The number of aromatic nitrogens is 2. The van der Waals surface area contributed by atoms with Crippen molar-refractivity contribution in [3.8, 4) is 16.8 Å². The highest BCUT2D eigenvalue weighted by atomic mass is 32.1. The minimum atomic E-state index is 0.0342. The van der Waals surface area contributed by atoms with Crippen LogP contribution in [0.15, 0.2) is 48.1 Å². The molecule has 2 aromatic heterocycles. The van der Waals surface area contributed by atoms with Gasteiger partial charge in [0.15, 0.2) is 0 Å². The van der Waals surface area contributed by atoms with Crippen molar-refractivity contribution in [2.45, 2.75) is 6.54 Å². The lowest BCUT2D eigenvalue weighted by Crippen LogP contribution is -2.24. The second-order valence-electron chi connectivity index (χ2n) is 5.33. The predicted octanol–water partition coefficient (Wildman–Crippen LogP) is 2.92. The molecule has 112 valence electrons. The topological polar surface area (TPSA) is 38.1 Å². The lowest BCUT2D eigenvalue weighted by molar-refractivity contribution is 0.0788. The highest BCUT2D eigenvalue weighted by Gasteiger charge is 2.26. The molecule has 0 spiro atoms. The molecule has 0 N–H and O–H groups in total. The summed E-state index contributed by atoms with van der Waals surface area (Å²) in [6, 6.07) is 11.7. The van der Waals surface area contributed by atoms with Gasteiger partial charge in [-0.15, -0.1) is 11.3 Å². The molecular weight excluding hydrogens is 306 g/mol. The number of carbonyl (C=O) groups excluding carboxylic acids is 1. The van der Waals surface area contributed by atoms with Crippen LogP contribution in [0.1, 0.15) is 27.3 Å². The van der Waals surface area contributed by atoms with E-state index in [0.717, 1.165) is 27.5 Å². The fourth-order valence-electron chi connectivity index (χ4n) is 2.61. The molecule has 3 heterocycles. The second kappa shape index (κ2) is 5.41. The summed E-state index contributed by atoms with van der Waals surface area (Å²) in [5.41, 5.74) is 3.33. The Morgan fingerprint density at radius 2 is 2.00 bits per heavy atom. The summed E-state index contributed by atoms with van der Waals surface area (Å²) < 4.78 is 1.98. The maximum Gasteiger partial charge on any atom is 0.256 e. The van der Waals surface area contributed by atoms with Crippen molar-refractivity contribution >= 4 is 17.2 Å². The minimum absolute atomic E-state index is 0.0342. The first-order valence-electron chi connectivity index (χ1n) is 7.20. The SMILES string of the molecule is CN1Cc2c(C#Cc3ccccc3)ncn2-c2sccc2C1=O. The molecule has 1 aliphatic heterocycles. The van der Waals surface area contributed by atoms with Gasteiger partial charge in [0.2, 0.25) is 0 Å². The number of imidazole rings is 1. The van der Waals surface area contributed by atoms with Gasteiger partial charge in [-0.1, -0.05) is 24.1 Å². The van der Waals surface area contributed by atoms with Crippen molar-refractivity contribution in [3.05, 3.63) is 70.6 Å². The van der Waals surface area contributed by atoms with Crippen LogP contribution in [0.5, 0.6) is 0 Å². The zero-order valence-electron chi connectivity index (χ0n) is 12.5. The van der Waals surface area contributed by atoms with Crippen molar-refractivity contribution in [1.82, 2.24) is 14.5 Å². The lowest BCUT2D eigenvalue weighted by Gasteiger charge is -2.13. The molecule has 23 heavy (non-hydrogen) atoms. The standard InChI is InChI=1S/C18H13N3OS/c1-20-11-16-15(8-7-13-5-3-2-4-6-13)19-12-21(16)18-14(17(20)22)9-10-23-18/h2-6,9-10,12H,11H2,1H3. The number of fused-ring (bicyclic) bond motifs is 3. The van der Waals surface area contributed by atoms with E-state index < -0.39 is 0 Å². The third-order valence-corrected chi connectivity index (χ3v) is 4.71. The van der Waals surface area contributed by atoms with Crippen LogP contribution in [0.25, 0.3) is 5.00 Å². The molecule has 4 nitrogen and oxygen atoms in total. The van der Waals surface area contributed by atoms with Crippen molar-refractivity contribution in [2.75, 3.05) is 7.05 Å². The molecule has 4 rings (SSSR count). The molecule has 0 saturated carbocycles. The number of benzene rings is 1. The quantitative estimate of drug-likeness (QED) is 0.598. The number of amides is 1. The molecular formula is C18H13N3OS. The second-order valence-corrected chi connectivity index (χ2v) is 6.22. The summed E-state index contributed by atoms with van der Waals surface area (Å²) >= 11 is 1.54. The van der Waals surface area contributed by atoms with E-state index in [1.807, 2.05) is 46.3 Å². The number of thiophene rings is 1. The van der Waals surface area contributed by atoms with Crippen LogP contribution >= 0.6 is 11.3 Å². The minimum Gasteiger partial charge on any atom is -0.336 e. The predicted molar refractivity (Wildman–Crippen MR) is 89.7 cm³/mol. The summed E-state index contributed by atoms with van der Waals surface area (Å²) in [7, 11) is 1.81. The molecule has 1 aliphatic rings. The van der Waals surface area contributed by atoms with Crippen LogP contribution in [0.3, 0.4) is 0 Å². The maximum atomic E-state index is 12.4. The first kappa shape index (κ1) is 13.8. The van der Waals surface area contributed by atoms with Gasteiger partial charge in [-0.25, -0.2) is 4.98 Å². The van der Waals surface area contributed by atoms with Gasteiger partial charge >= 0.3 is 0 Å². The smallest absolute Gasteiger partial charge is 0.256 e. The van der Waals surface area contributed by atoms with Crippen molar-refractivity contribution < 1.29 is 4.79 Å². The number of nitrogens with zero attached hydrogens (tertiary/aromatic N) is 3. The van der Waals surface area contributed by atoms with Crippen molar-refractivity contribution in [1.29, 1.82) is 0 Å². The van der Waals surface area contributed by atoms with Crippen LogP contribution in [0.4, 0.5) is 0 Å². The summed E-state index contributed by atoms with van der Waals surface area (Å²) in [5, 5.41) is 2.84. The van der Waals surface area contributed by atoms with E-state index in [4.69, 9.17) is 0 Å². The molecule has 0 radical (unpaired) electrons. The zero-order chi connectivity index (χ0) is 15.8. The molecule has 0 saturated heterocycles. The Morgan fingerprint density at radius 3 is 2.83 bits per heavy atom. The third-order valence-electron chi connectivity index (χ3n) is 3.79. The molecule has 0 aliphatic carbocycles. The van der Waals surface area contributed by atoms with Gasteiger partial charge < -0.3 is 4.90 Å². The fourth-order valence-corrected chi connectivity index (χ4v) is 3.50. The molecule has 0 fully saturated rings. The highest BCUT2D eigenvalue weighted by Crippen LogP contribution is 2.29. The van der Waals surface area contributed by atoms with Gasteiger partial charge in [0, 0.05) is 12.6 Å². The van der Waals surface area contributed by atoms with E-state index >= 15 is 0 Å². The van der Waals surface area contributed by atoms with Crippen molar-refractivity contribution in [3.63, 3.8) is 0 Å². The molecule has 5 heteroatoms. The Morgan fingerprint density at radius 1 is 1.17 bits per heavy atom. The van der Waals surface area contributed by atoms with E-state index in [1.54, 1.807) is 29.6 Å². The Kier molecular flexibility index (Phi) is 3.25. The molecule has 0 bridgehead atoms. The maximum absolute atomic E-state index is 12.4. The molecule has 1 aromatic carbocycles. The molecule has 0 atom stereocenters. The fraction of sp³-hybridized carbons (Fsp3) is 0.111. The van der Waals surface area contributed by atoms with Crippen LogP contribution < -0.4 is 0 Å². The number of hydrogen-bond acceptors (Lipinski definition) is 3. The lowest BCUT2D eigenvalue weighted by atomic mass is 10.2. The monoisotopic (exact) mass is 319 g/mol. The highest BCUT2D eigenvalue weighted by molar-refractivity contribution is 7.13. The summed E-state index contributed by atoms with van der Waals surface area (Å²) in [4.78, 5) is 18.6. The molecule has 0 unspecified atom stereocenters. The third kappa shape index (κ3) is 2.33. The van der Waals surface area contributed by atoms with Gasteiger partial charge in [-0.05, 0) is 29.5 Å². The van der Waals surface area contributed by atoms with E-state index in [9.17, 15) is 4.79 Å². The number of carbonyl (C=O) groups is 1. The van der Waals surface area contributed by atoms with Gasteiger partial charge in [0.25, 0.3) is 5.91 Å². The van der Waals surface area contributed by atoms with E-state index in [1.165, 1.54) is 0 Å². The summed E-state index contributed by atoms with van der Waals surface area (Å²) in [6.45, 7) is 0.499. The zero-order valence-corrected chi connectivity index (χ0v) is 13.3. The Bertz CT molecular complexity index is 944. The van der Waals surface area contributed by atoms with Crippen LogP contribution in [0.2, 0.25) is 0 Å². The number of hydrogen-bond donors (Lipinski definition) is 0. The first-order valence-corrected chi connectivity index (χ1v) is 8.08. The Labute approximate surface area is 138 Å². The Balaban J connectivity index is 1.81. The van der Waals surface area contributed by atoms with Crippen molar-refractivity contribution in [2.24, 2.45) is 0 Å².